The zero-order valence-corrected chi connectivity index (χ0v) is 14.7. The van der Waals surface area contributed by atoms with Crippen LogP contribution in [-0.4, -0.2) is 48.5 Å². The summed E-state index contributed by atoms with van der Waals surface area (Å²) >= 11 is 5.97. The lowest BCUT2D eigenvalue weighted by molar-refractivity contribution is -0.384. The number of piperazine rings is 1. The van der Waals surface area contributed by atoms with Crippen LogP contribution in [0.3, 0.4) is 0 Å². The predicted molar refractivity (Wildman–Crippen MR) is 95.4 cm³/mol. The molecule has 9 heteroatoms. The number of aromatic amines is 1. The van der Waals surface area contributed by atoms with Crippen molar-refractivity contribution in [3.63, 3.8) is 0 Å². The number of rotatable bonds is 5. The fourth-order valence-electron chi connectivity index (χ4n) is 2.73. The Morgan fingerprint density at radius 2 is 2.00 bits per heavy atom. The maximum Gasteiger partial charge on any atom is 0.274 e. The van der Waals surface area contributed by atoms with E-state index in [4.69, 9.17) is 16.3 Å². The van der Waals surface area contributed by atoms with Gasteiger partial charge in [0, 0.05) is 18.2 Å². The van der Waals surface area contributed by atoms with Crippen molar-refractivity contribution in [3.8, 4) is 5.75 Å². The van der Waals surface area contributed by atoms with Gasteiger partial charge in [-0.1, -0.05) is 17.7 Å². The van der Waals surface area contributed by atoms with Crippen LogP contribution in [0.4, 0.5) is 11.5 Å². The first kappa shape index (κ1) is 17.9. The summed E-state index contributed by atoms with van der Waals surface area (Å²) in [5.74, 6) is 1.13. The second-order valence-corrected chi connectivity index (χ2v) is 6.18. The third kappa shape index (κ3) is 4.20. The number of nitro benzene ring substituents is 1. The highest BCUT2D eigenvalue weighted by molar-refractivity contribution is 6.32. The zero-order chi connectivity index (χ0) is 18.5. The molecule has 1 aromatic heterocycles. The zero-order valence-electron chi connectivity index (χ0n) is 13.9. The van der Waals surface area contributed by atoms with Gasteiger partial charge in [-0.05, 0) is 12.1 Å². The van der Waals surface area contributed by atoms with E-state index in [1.165, 1.54) is 18.2 Å². The summed E-state index contributed by atoms with van der Waals surface area (Å²) in [6.07, 6.45) is 1.87. The second kappa shape index (κ2) is 8.01. The summed E-state index contributed by atoms with van der Waals surface area (Å²) < 4.78 is 5.43. The Balaban J connectivity index is 1.51. The highest BCUT2D eigenvalue weighted by Gasteiger charge is 2.26. The number of amides is 1. The van der Waals surface area contributed by atoms with Crippen LogP contribution < -0.4 is 14.6 Å². The molecule has 1 saturated heterocycles. The molecule has 1 aromatic carbocycles. The molecule has 3 rings (SSSR count). The molecular formula is C17H18ClN4O4+. The number of nitro groups is 1. The van der Waals surface area contributed by atoms with Crippen LogP contribution in [0, 0.1) is 10.1 Å². The second-order valence-electron chi connectivity index (χ2n) is 5.78. The van der Waals surface area contributed by atoms with Crippen LogP contribution in [0.15, 0.2) is 42.6 Å². The molecule has 2 aromatic rings. The Morgan fingerprint density at radius 1 is 1.23 bits per heavy atom. The Bertz CT molecular complexity index is 795. The number of aromatic nitrogens is 1. The SMILES string of the molecule is O=C(COc1ccc([N+](=O)[O-])cc1Cl)N1CCN(c2cccc[nH+]2)CC1. The minimum absolute atomic E-state index is 0.108. The van der Waals surface area contributed by atoms with Crippen molar-refractivity contribution in [2.45, 2.75) is 0 Å². The normalized spacial score (nSPS) is 14.2. The Morgan fingerprint density at radius 3 is 2.62 bits per heavy atom. The summed E-state index contributed by atoms with van der Waals surface area (Å²) in [6.45, 7) is 2.49. The highest BCUT2D eigenvalue weighted by atomic mass is 35.5. The molecule has 2 heterocycles. The molecule has 1 N–H and O–H groups in total. The summed E-state index contributed by atoms with van der Waals surface area (Å²) in [5, 5.41) is 10.8. The number of hydrogen-bond donors (Lipinski definition) is 0. The summed E-state index contributed by atoms with van der Waals surface area (Å²) in [7, 11) is 0. The number of pyridine rings is 1. The number of anilines is 1. The van der Waals surface area contributed by atoms with Crippen molar-refractivity contribution in [2.75, 3.05) is 37.7 Å². The maximum atomic E-state index is 12.3. The van der Waals surface area contributed by atoms with Crippen molar-refractivity contribution < 1.29 is 19.4 Å². The van der Waals surface area contributed by atoms with E-state index in [1.807, 2.05) is 24.4 Å². The largest absolute Gasteiger partial charge is 0.482 e. The summed E-state index contributed by atoms with van der Waals surface area (Å²) in [6, 6.07) is 9.78. The first-order valence-electron chi connectivity index (χ1n) is 8.11. The molecule has 0 spiro atoms. The molecule has 1 amide bonds. The van der Waals surface area contributed by atoms with Crippen molar-refractivity contribution >= 4 is 29.0 Å². The van der Waals surface area contributed by atoms with Crippen LogP contribution in [0.1, 0.15) is 0 Å². The molecule has 0 radical (unpaired) electrons. The van der Waals surface area contributed by atoms with Crippen molar-refractivity contribution in [2.24, 2.45) is 0 Å². The summed E-state index contributed by atoms with van der Waals surface area (Å²) in [5.41, 5.74) is -0.123. The number of carbonyl (C=O) groups is 1. The number of benzene rings is 1. The standard InChI is InChI=1S/C17H17ClN4O4/c18-14-11-13(22(24)25)4-5-15(14)26-12-17(23)21-9-7-20(8-10-21)16-3-1-2-6-19-16/h1-6,11H,7-10,12H2/p+1. The Kier molecular flexibility index (Phi) is 5.52. The van der Waals surface area contributed by atoms with E-state index < -0.39 is 4.92 Å². The number of hydrogen-bond acceptors (Lipinski definition) is 5. The number of carbonyl (C=O) groups excluding carboxylic acids is 1. The van der Waals surface area contributed by atoms with Crippen molar-refractivity contribution in [3.05, 3.63) is 57.7 Å². The van der Waals surface area contributed by atoms with E-state index in [2.05, 4.69) is 9.88 Å². The first-order valence-corrected chi connectivity index (χ1v) is 8.48. The fourth-order valence-corrected chi connectivity index (χ4v) is 2.96. The fraction of sp³-hybridized carbons (Fsp3) is 0.294. The number of ether oxygens (including phenoxy) is 1. The molecule has 136 valence electrons. The van der Waals surface area contributed by atoms with Gasteiger partial charge in [0.25, 0.3) is 17.4 Å². The third-order valence-corrected chi connectivity index (χ3v) is 4.44. The average molecular weight is 378 g/mol. The lowest BCUT2D eigenvalue weighted by Gasteiger charge is -2.30. The number of H-pyrrole nitrogens is 1. The Hall–Kier alpha value is -2.87. The van der Waals surface area contributed by atoms with E-state index in [-0.39, 0.29) is 29.0 Å². The lowest BCUT2D eigenvalue weighted by atomic mass is 10.3. The average Bonchev–Trinajstić information content (AvgIpc) is 2.67. The molecule has 8 nitrogen and oxygen atoms in total. The predicted octanol–water partition coefficient (Wildman–Crippen LogP) is 1.79. The van der Waals surface area contributed by atoms with Gasteiger partial charge in [0.2, 0.25) is 0 Å². The minimum atomic E-state index is -0.537. The van der Waals surface area contributed by atoms with Gasteiger partial charge in [-0.15, -0.1) is 0 Å². The van der Waals surface area contributed by atoms with Crippen molar-refractivity contribution in [1.82, 2.24) is 4.90 Å². The molecular weight excluding hydrogens is 360 g/mol. The summed E-state index contributed by atoms with van der Waals surface area (Å²) in [4.78, 5) is 29.6. The van der Waals surface area contributed by atoms with Crippen LogP contribution >= 0.6 is 11.6 Å². The van der Waals surface area contributed by atoms with Gasteiger partial charge in [-0.25, -0.2) is 4.98 Å². The molecule has 1 aliphatic heterocycles. The molecule has 0 unspecified atom stereocenters. The molecule has 1 fully saturated rings. The van der Waals surface area contributed by atoms with E-state index >= 15 is 0 Å². The quantitative estimate of drug-likeness (QED) is 0.585. The van der Waals surface area contributed by atoms with E-state index in [0.29, 0.717) is 13.1 Å². The van der Waals surface area contributed by atoms with E-state index in [0.717, 1.165) is 18.9 Å². The monoisotopic (exact) mass is 377 g/mol. The van der Waals surface area contributed by atoms with Gasteiger partial charge in [-0.2, -0.15) is 0 Å². The molecule has 0 atom stereocenters. The highest BCUT2D eigenvalue weighted by Crippen LogP contribution is 2.28. The molecule has 26 heavy (non-hydrogen) atoms. The van der Waals surface area contributed by atoms with Crippen LogP contribution in [0.25, 0.3) is 0 Å². The van der Waals surface area contributed by atoms with Gasteiger partial charge in [0.05, 0.1) is 29.2 Å². The van der Waals surface area contributed by atoms with Gasteiger partial charge in [-0.3, -0.25) is 19.8 Å². The molecule has 0 bridgehead atoms. The Labute approximate surface area is 155 Å². The van der Waals surface area contributed by atoms with Gasteiger partial charge in [0.1, 0.15) is 18.8 Å². The number of nitrogens with zero attached hydrogens (tertiary/aromatic N) is 3. The minimum Gasteiger partial charge on any atom is -0.482 e. The first-order chi connectivity index (χ1) is 12.5. The topological polar surface area (TPSA) is 90.1 Å². The lowest BCUT2D eigenvalue weighted by Crippen LogP contribution is -2.51. The van der Waals surface area contributed by atoms with Crippen LogP contribution in [0.5, 0.6) is 5.75 Å². The van der Waals surface area contributed by atoms with E-state index in [1.54, 1.807) is 4.90 Å². The molecule has 0 aliphatic carbocycles. The maximum absolute atomic E-state index is 12.3. The molecule has 1 aliphatic rings. The van der Waals surface area contributed by atoms with Crippen molar-refractivity contribution in [1.29, 1.82) is 0 Å². The van der Waals surface area contributed by atoms with Gasteiger partial charge in [0.15, 0.2) is 6.61 Å². The number of halogens is 1. The number of non-ortho nitro benzene ring substituents is 1. The third-order valence-electron chi connectivity index (χ3n) is 4.14. The smallest absolute Gasteiger partial charge is 0.274 e. The van der Waals surface area contributed by atoms with Crippen LogP contribution in [-0.2, 0) is 4.79 Å². The van der Waals surface area contributed by atoms with Gasteiger partial charge < -0.3 is 9.64 Å². The van der Waals surface area contributed by atoms with Gasteiger partial charge >= 0.3 is 0 Å². The number of nitrogens with one attached hydrogen (secondary N) is 1. The van der Waals surface area contributed by atoms with E-state index in [9.17, 15) is 14.9 Å². The van der Waals surface area contributed by atoms with Crippen LogP contribution in [0.2, 0.25) is 5.02 Å². The molecule has 0 saturated carbocycles.